The number of ketones is 1. The number of aliphatic hydroxyl groups is 1. The molecule has 1 aliphatic heterocycles. The fourth-order valence-electron chi connectivity index (χ4n) is 2.32. The van der Waals surface area contributed by atoms with Gasteiger partial charge in [-0.05, 0) is 12.3 Å². The van der Waals surface area contributed by atoms with Crippen LogP contribution in [0.1, 0.15) is 12.8 Å². The minimum Gasteiger partial charge on any atom is -0.862 e. The van der Waals surface area contributed by atoms with Crippen LogP contribution in [0.2, 0.25) is 0 Å². The van der Waals surface area contributed by atoms with Crippen LogP contribution in [0.5, 0.6) is 0 Å². The molecule has 12 nitrogen and oxygen atoms in total. The Balaban J connectivity index is 2.59. The Hall–Kier alpha value is -2.38. The number of carbonyl (C=O) groups is 3. The van der Waals surface area contributed by atoms with Crippen molar-refractivity contribution in [2.75, 3.05) is 19.3 Å². The molecular formula is C14H25N6O6S+. The molecule has 0 aromatic heterocycles. The van der Waals surface area contributed by atoms with Crippen LogP contribution < -0.4 is 27.2 Å². The van der Waals surface area contributed by atoms with Crippen LogP contribution in [-0.2, 0) is 14.4 Å². The molecule has 0 spiro atoms. The fraction of sp³-hybridized carbons (Fsp3) is 0.643. The minimum atomic E-state index is -1.20. The van der Waals surface area contributed by atoms with E-state index in [1.54, 1.807) is 0 Å². The van der Waals surface area contributed by atoms with Crippen molar-refractivity contribution < 1.29 is 40.0 Å². The van der Waals surface area contributed by atoms with E-state index in [9.17, 15) is 24.6 Å². The van der Waals surface area contributed by atoms with Crippen LogP contribution in [0.3, 0.4) is 0 Å². The molecule has 0 saturated heterocycles. The van der Waals surface area contributed by atoms with Crippen molar-refractivity contribution >= 4 is 42.1 Å². The number of nitrogens with two attached hydrogens (primary N) is 1. The van der Waals surface area contributed by atoms with Gasteiger partial charge in [-0.25, -0.2) is 10.1 Å². The topological polar surface area (TPSA) is 208 Å². The summed E-state index contributed by atoms with van der Waals surface area (Å²) >= 11 is 3.97. The highest BCUT2D eigenvalue weighted by molar-refractivity contribution is 7.80. The van der Waals surface area contributed by atoms with E-state index < -0.39 is 54.5 Å². The van der Waals surface area contributed by atoms with Gasteiger partial charge in [-0.2, -0.15) is 12.6 Å². The normalized spacial score (nSPS) is 22.1. The van der Waals surface area contributed by atoms with Gasteiger partial charge < -0.3 is 26.4 Å². The number of hydrogen-bond acceptors (Lipinski definition) is 9. The number of carboxylic acid groups (broad SMARTS) is 1. The molecule has 0 aromatic carbocycles. The second-order valence-corrected chi connectivity index (χ2v) is 6.37. The summed E-state index contributed by atoms with van der Waals surface area (Å²) in [6, 6.07) is -3.02. The number of aliphatic carboxylic acids is 1. The van der Waals surface area contributed by atoms with Gasteiger partial charge in [0.15, 0.2) is 17.9 Å². The van der Waals surface area contributed by atoms with E-state index in [1.165, 1.54) is 11.6 Å². The maximum Gasteiger partial charge on any atom is 0.362 e. The lowest BCUT2D eigenvalue weighted by Crippen LogP contribution is -2.65. The molecule has 0 fully saturated rings. The SMILES string of the molecule is C[N+]1=C(N)NC(O)C1C(=O)CNC(=O)[C@H](CS)N=C([O-])CC[C@H]([NH3+])C(=O)O. The highest BCUT2D eigenvalue weighted by atomic mass is 32.1. The number of amides is 1. The van der Waals surface area contributed by atoms with Crippen molar-refractivity contribution in [3.63, 3.8) is 0 Å². The van der Waals surface area contributed by atoms with Gasteiger partial charge >= 0.3 is 11.9 Å². The highest BCUT2D eigenvalue weighted by Crippen LogP contribution is 2.04. The number of nitrogens with zero attached hydrogens (tertiary/aromatic N) is 2. The van der Waals surface area contributed by atoms with E-state index in [0.717, 1.165) is 0 Å². The lowest BCUT2D eigenvalue weighted by molar-refractivity contribution is -0.523. The van der Waals surface area contributed by atoms with Gasteiger partial charge in [0.05, 0.1) is 13.6 Å². The van der Waals surface area contributed by atoms with E-state index in [4.69, 9.17) is 10.8 Å². The van der Waals surface area contributed by atoms with Gasteiger partial charge in [-0.15, -0.1) is 0 Å². The van der Waals surface area contributed by atoms with Crippen molar-refractivity contribution in [3.05, 3.63) is 0 Å². The Labute approximate surface area is 160 Å². The predicted molar refractivity (Wildman–Crippen MR) is 94.9 cm³/mol. The molecule has 2 unspecified atom stereocenters. The Morgan fingerprint density at radius 1 is 1.52 bits per heavy atom. The molecule has 9 N–H and O–H groups in total. The fourth-order valence-corrected chi connectivity index (χ4v) is 2.57. The van der Waals surface area contributed by atoms with E-state index >= 15 is 0 Å². The summed E-state index contributed by atoms with van der Waals surface area (Å²) < 4.78 is 1.35. The first-order valence-electron chi connectivity index (χ1n) is 8.09. The number of quaternary nitrogens is 1. The quantitative estimate of drug-likeness (QED) is 0.0804. The first kappa shape index (κ1) is 22.7. The Morgan fingerprint density at radius 3 is 2.63 bits per heavy atom. The zero-order valence-electron chi connectivity index (χ0n) is 14.8. The van der Waals surface area contributed by atoms with Crippen molar-refractivity contribution in [1.29, 1.82) is 0 Å². The highest BCUT2D eigenvalue weighted by Gasteiger charge is 2.40. The van der Waals surface area contributed by atoms with Gasteiger partial charge in [0.25, 0.3) is 0 Å². The third-order valence-corrected chi connectivity index (χ3v) is 4.34. The standard InChI is InChI=1S/C14H24N6O6S/c1-20-10(12(24)19-14(20)16)8(21)4-17-11(23)7(5-27)18-9(22)3-2-6(15)13(25)26/h6-7,10,12,24H,2-5,15H2,1H3,(H6,16,17,18,19,22,23,25,26,27)/p+1/t6-,7-,10?,12?/m0/s1. The average Bonchev–Trinajstić information content (AvgIpc) is 2.86. The van der Waals surface area contributed by atoms with Crippen LogP contribution in [-0.4, -0.2) is 88.0 Å². The van der Waals surface area contributed by atoms with E-state index in [-0.39, 0.29) is 24.6 Å². The lowest BCUT2D eigenvalue weighted by atomic mass is 10.1. The average molecular weight is 405 g/mol. The van der Waals surface area contributed by atoms with Crippen molar-refractivity contribution in [2.24, 2.45) is 10.7 Å². The molecule has 1 heterocycles. The van der Waals surface area contributed by atoms with Gasteiger partial charge in [0, 0.05) is 12.2 Å². The molecule has 0 aliphatic carbocycles. The second kappa shape index (κ2) is 10.1. The zero-order valence-corrected chi connectivity index (χ0v) is 15.7. The molecule has 4 atom stereocenters. The van der Waals surface area contributed by atoms with E-state index in [1.807, 2.05) is 0 Å². The number of Topliss-reactive ketones (excluding diaryl/α,β-unsaturated/α-hetero) is 1. The number of carbonyl (C=O) groups excluding carboxylic acids is 2. The monoisotopic (exact) mass is 405 g/mol. The summed E-state index contributed by atoms with van der Waals surface area (Å²) in [6.07, 6.45) is -1.37. The Bertz CT molecular complexity index is 654. The predicted octanol–water partition coefficient (Wildman–Crippen LogP) is -5.55. The molecule has 13 heteroatoms. The number of likely N-dealkylation sites (N-methyl/N-ethyl adjacent to an activating group) is 1. The van der Waals surface area contributed by atoms with Crippen molar-refractivity contribution in [2.45, 2.75) is 37.2 Å². The smallest absolute Gasteiger partial charge is 0.362 e. The number of thiol groups is 1. The van der Waals surface area contributed by atoms with E-state index in [0.29, 0.717) is 0 Å². The first-order chi connectivity index (χ1) is 12.6. The first-order valence-corrected chi connectivity index (χ1v) is 8.72. The molecule has 27 heavy (non-hydrogen) atoms. The largest absolute Gasteiger partial charge is 0.862 e. The molecule has 0 bridgehead atoms. The van der Waals surface area contributed by atoms with Crippen LogP contribution in [0.25, 0.3) is 0 Å². The van der Waals surface area contributed by atoms with Gasteiger partial charge in [-0.1, -0.05) is 0 Å². The van der Waals surface area contributed by atoms with Crippen LogP contribution in [0.4, 0.5) is 0 Å². The van der Waals surface area contributed by atoms with Crippen LogP contribution in [0.15, 0.2) is 4.99 Å². The third kappa shape index (κ3) is 6.37. The summed E-state index contributed by atoms with van der Waals surface area (Å²) in [5.74, 6) is -2.90. The number of aliphatic hydroxyl groups excluding tert-OH is 1. The van der Waals surface area contributed by atoms with Gasteiger partial charge in [0.2, 0.25) is 12.1 Å². The number of guanidine groups is 1. The molecular weight excluding hydrogens is 380 g/mol. The Morgan fingerprint density at radius 2 is 2.15 bits per heavy atom. The molecule has 1 rings (SSSR count). The summed E-state index contributed by atoms with van der Waals surface area (Å²) in [5.41, 5.74) is 8.96. The number of aliphatic imine (C=N–C) groups is 1. The summed E-state index contributed by atoms with van der Waals surface area (Å²) in [5, 5.41) is 35.1. The molecule has 0 aromatic rings. The van der Waals surface area contributed by atoms with E-state index in [2.05, 4.69) is 34.0 Å². The molecule has 0 saturated carbocycles. The molecule has 0 radical (unpaired) electrons. The van der Waals surface area contributed by atoms with Crippen molar-refractivity contribution in [1.82, 2.24) is 10.6 Å². The van der Waals surface area contributed by atoms with Crippen LogP contribution >= 0.6 is 12.6 Å². The minimum absolute atomic E-state index is 0.00606. The number of rotatable bonds is 10. The number of carboxylic acids is 1. The van der Waals surface area contributed by atoms with Gasteiger partial charge in [-0.3, -0.25) is 24.9 Å². The summed E-state index contributed by atoms with van der Waals surface area (Å²) in [7, 11) is 1.51. The van der Waals surface area contributed by atoms with Crippen LogP contribution in [0, 0.1) is 0 Å². The lowest BCUT2D eigenvalue weighted by Gasteiger charge is -2.17. The Kier molecular flexibility index (Phi) is 8.46. The molecule has 1 aliphatic rings. The van der Waals surface area contributed by atoms with Crippen molar-refractivity contribution in [3.8, 4) is 0 Å². The van der Waals surface area contributed by atoms with Gasteiger partial charge in [0.1, 0.15) is 6.04 Å². The summed E-state index contributed by atoms with van der Waals surface area (Å²) in [6.45, 7) is -0.395. The third-order valence-electron chi connectivity index (χ3n) is 3.99. The maximum absolute atomic E-state index is 12.2. The number of hydrogen-bond donors (Lipinski definition) is 7. The summed E-state index contributed by atoms with van der Waals surface area (Å²) in [4.78, 5) is 38.7. The number of nitrogens with one attached hydrogen (secondary N) is 2. The second-order valence-electron chi connectivity index (χ2n) is 6.01. The zero-order chi connectivity index (χ0) is 20.7. The molecule has 152 valence electrons. The molecule has 1 amide bonds. The maximum atomic E-state index is 12.2.